The Hall–Kier alpha value is -0.320. The fourth-order valence-corrected chi connectivity index (χ4v) is 3.25. The van der Waals surface area contributed by atoms with Crippen molar-refractivity contribution in [2.75, 3.05) is 12.9 Å². The first-order valence-electron chi connectivity index (χ1n) is 5.43. The van der Waals surface area contributed by atoms with Gasteiger partial charge in [0.1, 0.15) is 11.0 Å². The lowest BCUT2D eigenvalue weighted by Crippen LogP contribution is -2.08. The van der Waals surface area contributed by atoms with E-state index in [1.807, 2.05) is 11.8 Å². The summed E-state index contributed by atoms with van der Waals surface area (Å²) in [6.07, 6.45) is 3.71. The maximum atomic E-state index is 5.99. The molecule has 0 saturated carbocycles. The van der Waals surface area contributed by atoms with Gasteiger partial charge < -0.3 is 4.74 Å². The maximum Gasteiger partial charge on any atom is 0.143 e. The normalized spacial score (nSPS) is 21.0. The third-order valence-electron chi connectivity index (χ3n) is 2.53. The molecule has 0 aromatic carbocycles. The molecule has 2 rings (SSSR count). The quantitative estimate of drug-likeness (QED) is 0.780. The molecule has 2 heterocycles. The van der Waals surface area contributed by atoms with Crippen LogP contribution in [0.2, 0.25) is 5.15 Å². The van der Waals surface area contributed by atoms with Crippen LogP contribution in [0.1, 0.15) is 36.0 Å². The Morgan fingerprint density at radius 1 is 1.50 bits per heavy atom. The highest BCUT2D eigenvalue weighted by molar-refractivity contribution is 7.99. The number of hydrogen-bond donors (Lipinski definition) is 0. The number of hydrogen-bond acceptors (Lipinski definition) is 4. The maximum absolute atomic E-state index is 5.99. The van der Waals surface area contributed by atoms with Gasteiger partial charge in [0, 0.05) is 7.11 Å². The van der Waals surface area contributed by atoms with Crippen molar-refractivity contribution < 1.29 is 4.74 Å². The minimum absolute atomic E-state index is 0.406. The molecule has 1 unspecified atom stereocenters. The van der Waals surface area contributed by atoms with Gasteiger partial charge in [-0.2, -0.15) is 11.8 Å². The van der Waals surface area contributed by atoms with Crippen molar-refractivity contribution in [3.05, 3.63) is 22.7 Å². The predicted molar refractivity (Wildman–Crippen MR) is 66.8 cm³/mol. The van der Waals surface area contributed by atoms with E-state index in [0.29, 0.717) is 17.0 Å². The number of methoxy groups -OCH3 is 1. The number of thioether (sulfide) groups is 1. The van der Waals surface area contributed by atoms with Gasteiger partial charge >= 0.3 is 0 Å². The Morgan fingerprint density at radius 3 is 3.06 bits per heavy atom. The van der Waals surface area contributed by atoms with Gasteiger partial charge in [0.05, 0.1) is 17.6 Å². The van der Waals surface area contributed by atoms with Crippen molar-refractivity contribution in [2.24, 2.45) is 0 Å². The summed E-state index contributed by atoms with van der Waals surface area (Å²) in [5.41, 5.74) is 0.865. The molecule has 1 aromatic heterocycles. The summed E-state index contributed by atoms with van der Waals surface area (Å²) in [5.74, 6) is 2.06. The monoisotopic (exact) mass is 258 g/mol. The summed E-state index contributed by atoms with van der Waals surface area (Å²) in [6, 6.07) is 1.77. The van der Waals surface area contributed by atoms with Gasteiger partial charge in [-0.3, -0.25) is 0 Å². The average molecular weight is 259 g/mol. The van der Waals surface area contributed by atoms with Crippen LogP contribution in [0, 0.1) is 0 Å². The molecule has 1 fully saturated rings. The second-order valence-corrected chi connectivity index (χ2v) is 5.53. The summed E-state index contributed by atoms with van der Waals surface area (Å²) >= 11 is 7.92. The molecule has 0 N–H and O–H groups in total. The van der Waals surface area contributed by atoms with E-state index in [2.05, 4.69) is 9.97 Å². The second kappa shape index (κ2) is 5.84. The van der Waals surface area contributed by atoms with Gasteiger partial charge in [-0.25, -0.2) is 9.97 Å². The molecule has 3 nitrogen and oxygen atoms in total. The lowest BCUT2D eigenvalue weighted by molar-refractivity contribution is 0.181. The first kappa shape index (κ1) is 12.1. The van der Waals surface area contributed by atoms with E-state index in [9.17, 15) is 0 Å². The number of halogens is 1. The van der Waals surface area contributed by atoms with Crippen molar-refractivity contribution in [3.63, 3.8) is 0 Å². The van der Waals surface area contributed by atoms with Gasteiger partial charge in [-0.05, 0) is 24.7 Å². The van der Waals surface area contributed by atoms with Crippen molar-refractivity contribution in [1.82, 2.24) is 9.97 Å². The molecule has 1 aliphatic heterocycles. The van der Waals surface area contributed by atoms with E-state index in [1.165, 1.54) is 18.6 Å². The molecule has 0 aliphatic carbocycles. The molecule has 0 spiro atoms. The first-order valence-corrected chi connectivity index (χ1v) is 6.86. The number of aromatic nitrogens is 2. The van der Waals surface area contributed by atoms with E-state index < -0.39 is 0 Å². The average Bonchev–Trinajstić information content (AvgIpc) is 2.30. The number of ether oxygens (including phenoxy) is 1. The molecular formula is C11H15ClN2OS. The van der Waals surface area contributed by atoms with E-state index >= 15 is 0 Å². The Morgan fingerprint density at radius 2 is 2.38 bits per heavy atom. The molecule has 16 heavy (non-hydrogen) atoms. The summed E-state index contributed by atoms with van der Waals surface area (Å²) in [6.45, 7) is 0.493. The van der Waals surface area contributed by atoms with Crippen LogP contribution in [0.4, 0.5) is 0 Å². The summed E-state index contributed by atoms with van der Waals surface area (Å²) in [7, 11) is 1.66. The van der Waals surface area contributed by atoms with Gasteiger partial charge in [0.2, 0.25) is 0 Å². The standard InChI is InChI=1S/C11H15ClN2OS/c1-15-7-8-6-10(12)14-11(13-8)9-4-2-3-5-16-9/h6,9H,2-5,7H2,1H3. The van der Waals surface area contributed by atoms with E-state index in [-0.39, 0.29) is 0 Å². The van der Waals surface area contributed by atoms with Crippen molar-refractivity contribution in [1.29, 1.82) is 0 Å². The van der Waals surface area contributed by atoms with Crippen LogP contribution in [0.15, 0.2) is 6.07 Å². The molecule has 1 aliphatic rings. The molecule has 5 heteroatoms. The van der Waals surface area contributed by atoms with Crippen molar-refractivity contribution in [2.45, 2.75) is 31.1 Å². The zero-order valence-corrected chi connectivity index (χ0v) is 10.9. The van der Waals surface area contributed by atoms with E-state index in [0.717, 1.165) is 17.9 Å². The van der Waals surface area contributed by atoms with Gasteiger partial charge in [-0.15, -0.1) is 0 Å². The summed E-state index contributed by atoms with van der Waals surface area (Å²) < 4.78 is 5.07. The highest BCUT2D eigenvalue weighted by Crippen LogP contribution is 2.36. The van der Waals surface area contributed by atoms with Gasteiger partial charge in [-0.1, -0.05) is 18.0 Å². The highest BCUT2D eigenvalue weighted by atomic mass is 35.5. The third-order valence-corrected chi connectivity index (χ3v) is 4.09. The van der Waals surface area contributed by atoms with Crippen LogP contribution < -0.4 is 0 Å². The number of rotatable bonds is 3. The predicted octanol–water partition coefficient (Wildman–Crippen LogP) is 3.23. The molecule has 0 amide bonds. The summed E-state index contributed by atoms with van der Waals surface area (Å²) in [5, 5.41) is 0.922. The lowest BCUT2D eigenvalue weighted by Gasteiger charge is -2.20. The molecule has 0 bridgehead atoms. The number of nitrogens with zero attached hydrogens (tertiary/aromatic N) is 2. The van der Waals surface area contributed by atoms with Crippen LogP contribution in [-0.4, -0.2) is 22.8 Å². The Bertz CT molecular complexity index is 356. The first-order chi connectivity index (χ1) is 7.79. The Balaban J connectivity index is 2.18. The fraction of sp³-hybridized carbons (Fsp3) is 0.636. The van der Waals surface area contributed by atoms with Gasteiger partial charge in [0.15, 0.2) is 0 Å². The molecular weight excluding hydrogens is 244 g/mol. The van der Waals surface area contributed by atoms with Crippen LogP contribution in [0.3, 0.4) is 0 Å². The molecule has 88 valence electrons. The fourth-order valence-electron chi connectivity index (χ4n) is 1.79. The van der Waals surface area contributed by atoms with Gasteiger partial charge in [0.25, 0.3) is 0 Å². The van der Waals surface area contributed by atoms with Crippen LogP contribution >= 0.6 is 23.4 Å². The largest absolute Gasteiger partial charge is 0.378 e. The lowest BCUT2D eigenvalue weighted by atomic mass is 10.2. The zero-order valence-electron chi connectivity index (χ0n) is 9.28. The van der Waals surface area contributed by atoms with Crippen molar-refractivity contribution >= 4 is 23.4 Å². The Kier molecular flexibility index (Phi) is 4.44. The van der Waals surface area contributed by atoms with E-state index in [4.69, 9.17) is 16.3 Å². The van der Waals surface area contributed by atoms with Crippen LogP contribution in [0.25, 0.3) is 0 Å². The highest BCUT2D eigenvalue weighted by Gasteiger charge is 2.19. The minimum atomic E-state index is 0.406. The summed E-state index contributed by atoms with van der Waals surface area (Å²) in [4.78, 5) is 8.82. The van der Waals surface area contributed by atoms with Crippen LogP contribution in [-0.2, 0) is 11.3 Å². The van der Waals surface area contributed by atoms with Crippen molar-refractivity contribution in [3.8, 4) is 0 Å². The van der Waals surface area contributed by atoms with E-state index in [1.54, 1.807) is 13.2 Å². The molecule has 1 aromatic rings. The third kappa shape index (κ3) is 3.09. The smallest absolute Gasteiger partial charge is 0.143 e. The molecule has 0 radical (unpaired) electrons. The molecule has 1 saturated heterocycles. The van der Waals surface area contributed by atoms with Crippen LogP contribution in [0.5, 0.6) is 0 Å². The SMILES string of the molecule is COCc1cc(Cl)nc(C2CCCCS2)n1. The second-order valence-electron chi connectivity index (χ2n) is 3.83. The topological polar surface area (TPSA) is 35.0 Å². The molecule has 1 atom stereocenters. The minimum Gasteiger partial charge on any atom is -0.378 e. The Labute approximate surface area is 105 Å². The zero-order chi connectivity index (χ0) is 11.4.